The molecule has 2 aromatic carbocycles. The smallest absolute Gasteiger partial charge is 0.242 e. The first-order chi connectivity index (χ1) is 14.8. The lowest BCUT2D eigenvalue weighted by molar-refractivity contribution is -0.139. The van der Waals surface area contributed by atoms with Crippen molar-refractivity contribution in [2.75, 3.05) is 12.3 Å². The van der Waals surface area contributed by atoms with Gasteiger partial charge in [0.1, 0.15) is 11.9 Å². The number of hydrogen-bond donors (Lipinski definition) is 1. The van der Waals surface area contributed by atoms with Crippen LogP contribution in [0.25, 0.3) is 0 Å². The topological polar surface area (TPSA) is 49.4 Å². The van der Waals surface area contributed by atoms with Gasteiger partial charge in [0.2, 0.25) is 11.8 Å². The van der Waals surface area contributed by atoms with Crippen LogP contribution in [0.15, 0.2) is 42.5 Å². The third kappa shape index (κ3) is 8.02. The van der Waals surface area contributed by atoms with Crippen molar-refractivity contribution in [2.45, 2.75) is 58.9 Å². The molecule has 0 unspecified atom stereocenters. The molecule has 0 aromatic heterocycles. The van der Waals surface area contributed by atoms with Gasteiger partial charge in [-0.1, -0.05) is 55.3 Å². The minimum absolute atomic E-state index is 0.0859. The highest BCUT2D eigenvalue weighted by Crippen LogP contribution is 2.19. The summed E-state index contributed by atoms with van der Waals surface area (Å²) >= 11 is 1.55. The van der Waals surface area contributed by atoms with Crippen LogP contribution in [-0.4, -0.2) is 35.1 Å². The Labute approximate surface area is 189 Å². The fourth-order valence-electron chi connectivity index (χ4n) is 3.56. The Bertz CT molecular complexity index is 850. The number of carbonyl (C=O) groups is 2. The molecule has 0 aliphatic carbocycles. The molecule has 6 heteroatoms. The SMILES string of the molecule is CCCNC(=O)[C@@H](CC)N(Cc1ccc(F)cc1)C(=O)CSCc1cc(C)cc(C)c1. The van der Waals surface area contributed by atoms with E-state index in [9.17, 15) is 14.0 Å². The molecule has 2 amide bonds. The van der Waals surface area contributed by atoms with E-state index in [2.05, 4.69) is 37.4 Å². The zero-order chi connectivity index (χ0) is 22.8. The van der Waals surface area contributed by atoms with Crippen molar-refractivity contribution in [2.24, 2.45) is 0 Å². The summed E-state index contributed by atoms with van der Waals surface area (Å²) in [7, 11) is 0. The summed E-state index contributed by atoms with van der Waals surface area (Å²) in [6.07, 6.45) is 1.35. The molecule has 2 rings (SSSR count). The number of benzene rings is 2. The number of carbonyl (C=O) groups excluding carboxylic acids is 2. The zero-order valence-corrected chi connectivity index (χ0v) is 19.7. The number of nitrogens with zero attached hydrogens (tertiary/aromatic N) is 1. The van der Waals surface area contributed by atoms with Gasteiger partial charge in [0.25, 0.3) is 0 Å². The number of halogens is 1. The van der Waals surface area contributed by atoms with Crippen molar-refractivity contribution in [1.29, 1.82) is 0 Å². The third-order valence-corrected chi connectivity index (χ3v) is 5.97. The highest BCUT2D eigenvalue weighted by atomic mass is 32.2. The van der Waals surface area contributed by atoms with E-state index in [1.54, 1.807) is 28.8 Å². The molecule has 0 saturated heterocycles. The van der Waals surface area contributed by atoms with E-state index in [-0.39, 0.29) is 29.9 Å². The largest absolute Gasteiger partial charge is 0.354 e. The quantitative estimate of drug-likeness (QED) is 0.530. The lowest BCUT2D eigenvalue weighted by Crippen LogP contribution is -2.49. The van der Waals surface area contributed by atoms with Crippen molar-refractivity contribution in [1.82, 2.24) is 10.2 Å². The molecule has 168 valence electrons. The third-order valence-electron chi connectivity index (χ3n) is 4.98. The van der Waals surface area contributed by atoms with Gasteiger partial charge < -0.3 is 10.2 Å². The maximum Gasteiger partial charge on any atom is 0.242 e. The molecule has 0 fully saturated rings. The first-order valence-electron chi connectivity index (χ1n) is 10.8. The van der Waals surface area contributed by atoms with E-state index in [1.807, 2.05) is 13.8 Å². The summed E-state index contributed by atoms with van der Waals surface area (Å²) in [6, 6.07) is 11.9. The molecular formula is C25H33FN2O2S. The number of thioether (sulfide) groups is 1. The Morgan fingerprint density at radius 3 is 2.26 bits per heavy atom. The number of amides is 2. The molecule has 0 saturated carbocycles. The Morgan fingerprint density at radius 2 is 1.68 bits per heavy atom. The zero-order valence-electron chi connectivity index (χ0n) is 18.9. The van der Waals surface area contributed by atoms with Crippen molar-refractivity contribution >= 4 is 23.6 Å². The number of hydrogen-bond acceptors (Lipinski definition) is 3. The number of rotatable bonds is 11. The van der Waals surface area contributed by atoms with Gasteiger partial charge in [0, 0.05) is 18.8 Å². The summed E-state index contributed by atoms with van der Waals surface area (Å²) in [5.74, 6) is 0.470. The van der Waals surface area contributed by atoms with Gasteiger partial charge in [0.15, 0.2) is 0 Å². The predicted octanol–water partition coefficient (Wildman–Crippen LogP) is 5.01. The minimum Gasteiger partial charge on any atom is -0.354 e. The van der Waals surface area contributed by atoms with Crippen molar-refractivity contribution in [3.8, 4) is 0 Å². The summed E-state index contributed by atoms with van der Waals surface area (Å²) < 4.78 is 13.3. The van der Waals surface area contributed by atoms with E-state index >= 15 is 0 Å². The van der Waals surface area contributed by atoms with E-state index < -0.39 is 6.04 Å². The molecule has 1 N–H and O–H groups in total. The van der Waals surface area contributed by atoms with Gasteiger partial charge in [-0.05, 0) is 49.9 Å². The molecule has 0 heterocycles. The van der Waals surface area contributed by atoms with Crippen LogP contribution in [0.4, 0.5) is 4.39 Å². The molecule has 0 radical (unpaired) electrons. The number of nitrogens with one attached hydrogen (secondary N) is 1. The van der Waals surface area contributed by atoms with Gasteiger partial charge in [-0.2, -0.15) is 0 Å². The van der Waals surface area contributed by atoms with Crippen LogP contribution in [-0.2, 0) is 21.9 Å². The van der Waals surface area contributed by atoms with Gasteiger partial charge >= 0.3 is 0 Å². The van der Waals surface area contributed by atoms with E-state index in [0.717, 1.165) is 17.7 Å². The van der Waals surface area contributed by atoms with Crippen molar-refractivity contribution in [3.63, 3.8) is 0 Å². The molecular weight excluding hydrogens is 411 g/mol. The number of aryl methyl sites for hydroxylation is 2. The second-order valence-corrected chi connectivity index (χ2v) is 8.84. The van der Waals surface area contributed by atoms with Crippen LogP contribution < -0.4 is 5.32 Å². The van der Waals surface area contributed by atoms with Gasteiger partial charge in [-0.15, -0.1) is 11.8 Å². The Morgan fingerprint density at radius 1 is 1.03 bits per heavy atom. The second-order valence-electron chi connectivity index (χ2n) is 7.85. The summed E-state index contributed by atoms with van der Waals surface area (Å²) in [5, 5.41) is 2.91. The van der Waals surface area contributed by atoms with Gasteiger partial charge in [-0.3, -0.25) is 9.59 Å². The fourth-order valence-corrected chi connectivity index (χ4v) is 4.41. The van der Waals surface area contributed by atoms with Crippen molar-refractivity contribution in [3.05, 3.63) is 70.5 Å². The van der Waals surface area contributed by atoms with Crippen LogP contribution in [0.3, 0.4) is 0 Å². The first kappa shape index (κ1) is 24.9. The maximum atomic E-state index is 13.3. The highest BCUT2D eigenvalue weighted by molar-refractivity contribution is 7.99. The summed E-state index contributed by atoms with van der Waals surface area (Å²) in [6.45, 7) is 8.89. The standard InChI is InChI=1S/C25H33FN2O2S/c1-5-11-27-25(30)23(6-2)28(15-20-7-9-22(26)10-8-20)24(29)17-31-16-21-13-18(3)12-19(4)14-21/h7-10,12-14,23H,5-6,11,15-17H2,1-4H3,(H,27,30)/t23-/m1/s1. The fraction of sp³-hybridized carbons (Fsp3) is 0.440. The molecule has 2 aromatic rings. The van der Waals surface area contributed by atoms with E-state index in [4.69, 9.17) is 0 Å². The molecule has 0 aliphatic rings. The lowest BCUT2D eigenvalue weighted by Gasteiger charge is -2.30. The van der Waals surface area contributed by atoms with Gasteiger partial charge in [-0.25, -0.2) is 4.39 Å². The molecule has 31 heavy (non-hydrogen) atoms. The lowest BCUT2D eigenvalue weighted by atomic mass is 10.1. The van der Waals surface area contributed by atoms with Crippen LogP contribution in [0, 0.1) is 19.7 Å². The van der Waals surface area contributed by atoms with Crippen LogP contribution in [0.5, 0.6) is 0 Å². The average Bonchev–Trinajstić information content (AvgIpc) is 2.72. The molecule has 1 atom stereocenters. The predicted molar refractivity (Wildman–Crippen MR) is 126 cm³/mol. The molecule has 0 aliphatic heterocycles. The first-order valence-corrected chi connectivity index (χ1v) is 12.0. The highest BCUT2D eigenvalue weighted by Gasteiger charge is 2.28. The van der Waals surface area contributed by atoms with Crippen LogP contribution in [0.1, 0.15) is 48.9 Å². The van der Waals surface area contributed by atoms with E-state index in [1.165, 1.54) is 28.8 Å². The van der Waals surface area contributed by atoms with Crippen LogP contribution >= 0.6 is 11.8 Å². The van der Waals surface area contributed by atoms with Gasteiger partial charge in [0.05, 0.1) is 5.75 Å². The Balaban J connectivity index is 2.11. The molecule has 0 spiro atoms. The maximum absolute atomic E-state index is 13.3. The molecule has 4 nitrogen and oxygen atoms in total. The summed E-state index contributed by atoms with van der Waals surface area (Å²) in [4.78, 5) is 27.5. The Kier molecular flexibility index (Phi) is 10.0. The minimum atomic E-state index is -0.550. The summed E-state index contributed by atoms with van der Waals surface area (Å²) in [5.41, 5.74) is 4.40. The monoisotopic (exact) mass is 444 g/mol. The molecule has 0 bridgehead atoms. The van der Waals surface area contributed by atoms with E-state index in [0.29, 0.717) is 13.0 Å². The van der Waals surface area contributed by atoms with Crippen molar-refractivity contribution < 1.29 is 14.0 Å². The normalized spacial score (nSPS) is 11.8. The Hall–Kier alpha value is -2.34. The average molecular weight is 445 g/mol. The second kappa shape index (κ2) is 12.5. The van der Waals surface area contributed by atoms with Crippen LogP contribution in [0.2, 0.25) is 0 Å².